The normalized spacial score (nSPS) is 17.0. The average Bonchev–Trinajstić information content (AvgIpc) is 3.08. The summed E-state index contributed by atoms with van der Waals surface area (Å²) in [6.45, 7) is 0. The molecule has 1 unspecified atom stereocenters. The van der Waals surface area contributed by atoms with Crippen molar-refractivity contribution >= 4 is 10.8 Å². The van der Waals surface area contributed by atoms with Crippen LogP contribution in [0.2, 0.25) is 0 Å². The second-order valence-corrected chi connectivity index (χ2v) is 7.88. The topological polar surface area (TPSA) is 20.2 Å². The third kappa shape index (κ3) is 2.27. The van der Waals surface area contributed by atoms with Crippen LogP contribution in [-0.4, -0.2) is 5.11 Å². The summed E-state index contributed by atoms with van der Waals surface area (Å²) in [4.78, 5) is 0. The molecule has 5 aromatic rings. The molecule has 1 nitrogen and oxygen atoms in total. The van der Waals surface area contributed by atoms with E-state index < -0.39 is 5.60 Å². The third-order valence-electron chi connectivity index (χ3n) is 6.27. The first-order valence-electron chi connectivity index (χ1n) is 10.3. The van der Waals surface area contributed by atoms with Crippen LogP contribution in [-0.2, 0) is 5.60 Å². The molecule has 1 aliphatic rings. The second kappa shape index (κ2) is 6.41. The second-order valence-electron chi connectivity index (χ2n) is 7.88. The Labute approximate surface area is 175 Å². The molecular formula is C29H20O. The summed E-state index contributed by atoms with van der Waals surface area (Å²) in [6, 6.07) is 39.4. The van der Waals surface area contributed by atoms with Crippen LogP contribution < -0.4 is 0 Å². The van der Waals surface area contributed by atoms with Crippen molar-refractivity contribution in [2.45, 2.75) is 5.60 Å². The highest BCUT2D eigenvalue weighted by Gasteiger charge is 2.45. The van der Waals surface area contributed by atoms with Gasteiger partial charge in [-0.25, -0.2) is 0 Å². The van der Waals surface area contributed by atoms with Gasteiger partial charge in [-0.3, -0.25) is 0 Å². The SMILES string of the molecule is OC1(c2ccccc2)c2ccccc2-c2cc3ccccc3c(-c3ccccc3)c21. The van der Waals surface area contributed by atoms with E-state index in [1.165, 1.54) is 5.39 Å². The lowest BCUT2D eigenvalue weighted by Crippen LogP contribution is -2.27. The minimum absolute atomic E-state index is 0.892. The molecule has 1 N–H and O–H groups in total. The Morgan fingerprint density at radius 1 is 0.567 bits per heavy atom. The molecule has 0 amide bonds. The van der Waals surface area contributed by atoms with Gasteiger partial charge in [-0.15, -0.1) is 0 Å². The Balaban J connectivity index is 1.84. The van der Waals surface area contributed by atoms with E-state index in [1.807, 2.05) is 42.5 Å². The van der Waals surface area contributed by atoms with E-state index in [1.54, 1.807) is 0 Å². The van der Waals surface area contributed by atoms with E-state index in [4.69, 9.17) is 0 Å². The van der Waals surface area contributed by atoms with Crippen molar-refractivity contribution in [3.63, 3.8) is 0 Å². The fourth-order valence-electron chi connectivity index (χ4n) is 4.99. The van der Waals surface area contributed by atoms with Gasteiger partial charge in [0.15, 0.2) is 0 Å². The van der Waals surface area contributed by atoms with Crippen LogP contribution in [0.25, 0.3) is 33.0 Å². The molecule has 0 aromatic heterocycles. The van der Waals surface area contributed by atoms with Crippen LogP contribution in [0.1, 0.15) is 16.7 Å². The highest BCUT2D eigenvalue weighted by Crippen LogP contribution is 2.55. The molecule has 1 atom stereocenters. The fourth-order valence-corrected chi connectivity index (χ4v) is 4.99. The minimum Gasteiger partial charge on any atom is -0.376 e. The van der Waals surface area contributed by atoms with Crippen molar-refractivity contribution in [2.75, 3.05) is 0 Å². The summed E-state index contributed by atoms with van der Waals surface area (Å²) >= 11 is 0. The van der Waals surface area contributed by atoms with Crippen molar-refractivity contribution in [3.05, 3.63) is 132 Å². The Kier molecular flexibility index (Phi) is 3.68. The molecule has 0 saturated carbocycles. The molecule has 0 radical (unpaired) electrons. The summed E-state index contributed by atoms with van der Waals surface area (Å²) in [7, 11) is 0. The van der Waals surface area contributed by atoms with Gasteiger partial charge in [0.2, 0.25) is 0 Å². The molecule has 1 aliphatic carbocycles. The lowest BCUT2D eigenvalue weighted by molar-refractivity contribution is 0.131. The van der Waals surface area contributed by atoms with Crippen molar-refractivity contribution in [3.8, 4) is 22.3 Å². The molecule has 1 heteroatoms. The zero-order chi connectivity index (χ0) is 20.1. The van der Waals surface area contributed by atoms with Gasteiger partial charge in [-0.1, -0.05) is 109 Å². The van der Waals surface area contributed by atoms with Gasteiger partial charge in [-0.2, -0.15) is 0 Å². The monoisotopic (exact) mass is 384 g/mol. The number of rotatable bonds is 2. The van der Waals surface area contributed by atoms with E-state index in [-0.39, 0.29) is 0 Å². The number of hydrogen-bond donors (Lipinski definition) is 1. The molecule has 0 saturated heterocycles. The number of hydrogen-bond acceptors (Lipinski definition) is 1. The van der Waals surface area contributed by atoms with Gasteiger partial charge in [0.25, 0.3) is 0 Å². The maximum atomic E-state index is 12.5. The van der Waals surface area contributed by atoms with E-state index in [0.717, 1.165) is 44.3 Å². The van der Waals surface area contributed by atoms with Crippen LogP contribution in [0.4, 0.5) is 0 Å². The summed E-state index contributed by atoms with van der Waals surface area (Å²) < 4.78 is 0. The highest BCUT2D eigenvalue weighted by atomic mass is 16.3. The molecule has 0 fully saturated rings. The number of aliphatic hydroxyl groups is 1. The first kappa shape index (κ1) is 17.2. The molecule has 142 valence electrons. The first-order valence-corrected chi connectivity index (χ1v) is 10.3. The largest absolute Gasteiger partial charge is 0.376 e. The smallest absolute Gasteiger partial charge is 0.142 e. The van der Waals surface area contributed by atoms with Gasteiger partial charge < -0.3 is 5.11 Å². The Hall–Kier alpha value is -3.68. The summed E-state index contributed by atoms with van der Waals surface area (Å²) in [6.07, 6.45) is 0. The molecule has 6 rings (SSSR count). The van der Waals surface area contributed by atoms with E-state index >= 15 is 0 Å². The van der Waals surface area contributed by atoms with E-state index in [0.29, 0.717) is 0 Å². The van der Waals surface area contributed by atoms with Crippen LogP contribution in [0.5, 0.6) is 0 Å². The number of fused-ring (bicyclic) bond motifs is 4. The standard InChI is InChI=1S/C29H20O/c30-29(22-14-5-2-6-15-22)26-18-10-9-17-24(26)25-19-21-13-7-8-16-23(21)27(28(25)29)20-11-3-1-4-12-20/h1-19,30H. The highest BCUT2D eigenvalue weighted by molar-refractivity contribution is 6.05. The molecule has 0 bridgehead atoms. The Bertz CT molecular complexity index is 1390. The van der Waals surface area contributed by atoms with Gasteiger partial charge in [0, 0.05) is 11.1 Å². The lowest BCUT2D eigenvalue weighted by Gasteiger charge is -2.29. The molecule has 0 spiro atoms. The average molecular weight is 384 g/mol. The van der Waals surface area contributed by atoms with Gasteiger partial charge in [0.05, 0.1) is 0 Å². The van der Waals surface area contributed by atoms with Crippen LogP contribution in [0, 0.1) is 0 Å². The van der Waals surface area contributed by atoms with Crippen LogP contribution in [0.15, 0.2) is 115 Å². The molecule has 5 aromatic carbocycles. The first-order chi connectivity index (χ1) is 14.8. The van der Waals surface area contributed by atoms with E-state index in [2.05, 4.69) is 72.8 Å². The Morgan fingerprint density at radius 3 is 2.00 bits per heavy atom. The number of benzene rings is 5. The maximum Gasteiger partial charge on any atom is 0.142 e. The zero-order valence-corrected chi connectivity index (χ0v) is 16.4. The van der Waals surface area contributed by atoms with E-state index in [9.17, 15) is 5.11 Å². The lowest BCUT2D eigenvalue weighted by atomic mass is 9.79. The molecular weight excluding hydrogens is 364 g/mol. The van der Waals surface area contributed by atoms with Crippen LogP contribution >= 0.6 is 0 Å². The molecule has 0 aliphatic heterocycles. The third-order valence-corrected chi connectivity index (χ3v) is 6.27. The molecule has 30 heavy (non-hydrogen) atoms. The Morgan fingerprint density at radius 2 is 1.20 bits per heavy atom. The minimum atomic E-state index is -1.21. The van der Waals surface area contributed by atoms with Crippen LogP contribution in [0.3, 0.4) is 0 Å². The van der Waals surface area contributed by atoms with Gasteiger partial charge in [-0.05, 0) is 44.7 Å². The fraction of sp³-hybridized carbons (Fsp3) is 0.0345. The quantitative estimate of drug-likeness (QED) is 0.356. The zero-order valence-electron chi connectivity index (χ0n) is 16.4. The van der Waals surface area contributed by atoms with Gasteiger partial charge >= 0.3 is 0 Å². The summed E-state index contributed by atoms with van der Waals surface area (Å²) in [5, 5.41) is 14.8. The summed E-state index contributed by atoms with van der Waals surface area (Å²) in [5.74, 6) is 0. The summed E-state index contributed by atoms with van der Waals surface area (Å²) in [5.41, 5.74) is 6.03. The van der Waals surface area contributed by atoms with Crippen molar-refractivity contribution in [2.24, 2.45) is 0 Å². The maximum absolute atomic E-state index is 12.5. The predicted molar refractivity (Wildman–Crippen MR) is 123 cm³/mol. The van der Waals surface area contributed by atoms with Gasteiger partial charge in [0.1, 0.15) is 5.60 Å². The van der Waals surface area contributed by atoms with Crippen molar-refractivity contribution in [1.29, 1.82) is 0 Å². The predicted octanol–water partition coefficient (Wildman–Crippen LogP) is 6.77. The van der Waals surface area contributed by atoms with Crippen molar-refractivity contribution < 1.29 is 5.11 Å². The van der Waals surface area contributed by atoms with Crippen molar-refractivity contribution in [1.82, 2.24) is 0 Å². The molecule has 0 heterocycles.